The van der Waals surface area contributed by atoms with E-state index in [-0.39, 0.29) is 11.9 Å². The highest BCUT2D eigenvalue weighted by Gasteiger charge is 2.21. The van der Waals surface area contributed by atoms with Crippen LogP contribution in [-0.4, -0.2) is 18.5 Å². The summed E-state index contributed by atoms with van der Waals surface area (Å²) in [6.45, 7) is 0.931. The SMILES string of the molecule is O=C(Nc1ccc(-c2ccc(Br)cc2)cc1)C1CCCN1. The van der Waals surface area contributed by atoms with Crippen LogP contribution in [-0.2, 0) is 4.79 Å². The highest BCUT2D eigenvalue weighted by Crippen LogP contribution is 2.23. The highest BCUT2D eigenvalue weighted by atomic mass is 79.9. The highest BCUT2D eigenvalue weighted by molar-refractivity contribution is 9.10. The van der Waals surface area contributed by atoms with E-state index in [2.05, 4.69) is 38.7 Å². The van der Waals surface area contributed by atoms with Crippen LogP contribution in [0.25, 0.3) is 11.1 Å². The van der Waals surface area contributed by atoms with Crippen LogP contribution >= 0.6 is 15.9 Å². The van der Waals surface area contributed by atoms with Gasteiger partial charge in [-0.25, -0.2) is 0 Å². The zero-order valence-corrected chi connectivity index (χ0v) is 13.2. The van der Waals surface area contributed by atoms with Crippen molar-refractivity contribution in [2.45, 2.75) is 18.9 Å². The molecule has 0 aromatic heterocycles. The molecule has 4 heteroatoms. The third-order valence-electron chi connectivity index (χ3n) is 3.71. The van der Waals surface area contributed by atoms with Gasteiger partial charge in [0.15, 0.2) is 0 Å². The second-order valence-electron chi connectivity index (χ2n) is 5.22. The molecule has 0 aliphatic carbocycles. The number of amides is 1. The molecular weight excluding hydrogens is 328 g/mol. The molecule has 21 heavy (non-hydrogen) atoms. The van der Waals surface area contributed by atoms with Gasteiger partial charge in [-0.3, -0.25) is 4.79 Å². The summed E-state index contributed by atoms with van der Waals surface area (Å²) in [5, 5.41) is 6.17. The van der Waals surface area contributed by atoms with Gasteiger partial charge in [-0.05, 0) is 54.8 Å². The summed E-state index contributed by atoms with van der Waals surface area (Å²) in [4.78, 5) is 12.0. The number of rotatable bonds is 3. The van der Waals surface area contributed by atoms with Gasteiger partial charge in [0, 0.05) is 10.2 Å². The lowest BCUT2D eigenvalue weighted by Crippen LogP contribution is -2.35. The summed E-state index contributed by atoms with van der Waals surface area (Å²) in [7, 11) is 0. The number of carbonyl (C=O) groups is 1. The van der Waals surface area contributed by atoms with Crippen LogP contribution in [0.1, 0.15) is 12.8 Å². The number of carbonyl (C=O) groups excluding carboxylic acids is 1. The molecule has 3 nitrogen and oxygen atoms in total. The van der Waals surface area contributed by atoms with E-state index in [0.717, 1.165) is 40.7 Å². The summed E-state index contributed by atoms with van der Waals surface area (Å²) in [5.41, 5.74) is 3.14. The molecule has 1 atom stereocenters. The molecule has 3 rings (SSSR count). The first kappa shape index (κ1) is 14.3. The van der Waals surface area contributed by atoms with Crippen LogP contribution < -0.4 is 10.6 Å². The van der Waals surface area contributed by atoms with Crippen molar-refractivity contribution in [3.05, 3.63) is 53.0 Å². The number of hydrogen-bond donors (Lipinski definition) is 2. The van der Waals surface area contributed by atoms with E-state index in [9.17, 15) is 4.79 Å². The molecule has 1 amide bonds. The smallest absolute Gasteiger partial charge is 0.241 e. The van der Waals surface area contributed by atoms with E-state index in [1.807, 2.05) is 36.4 Å². The molecule has 2 N–H and O–H groups in total. The van der Waals surface area contributed by atoms with Crippen LogP contribution in [0.3, 0.4) is 0 Å². The Hall–Kier alpha value is -1.65. The molecule has 0 spiro atoms. The Morgan fingerprint density at radius 3 is 2.24 bits per heavy atom. The Bertz CT molecular complexity index is 616. The quantitative estimate of drug-likeness (QED) is 0.888. The zero-order valence-electron chi connectivity index (χ0n) is 11.6. The molecular formula is C17H17BrN2O. The minimum atomic E-state index is -0.0452. The largest absolute Gasteiger partial charge is 0.325 e. The van der Waals surface area contributed by atoms with Crippen LogP contribution in [0.5, 0.6) is 0 Å². The van der Waals surface area contributed by atoms with E-state index in [1.54, 1.807) is 0 Å². The van der Waals surface area contributed by atoms with Gasteiger partial charge in [-0.1, -0.05) is 40.2 Å². The standard InChI is InChI=1S/C17H17BrN2O/c18-14-7-3-12(4-8-14)13-5-9-15(10-6-13)20-17(21)16-2-1-11-19-16/h3-10,16,19H,1-2,11H2,(H,20,21). The molecule has 0 bridgehead atoms. The average molecular weight is 345 g/mol. The Morgan fingerprint density at radius 1 is 1.05 bits per heavy atom. The number of nitrogens with one attached hydrogen (secondary N) is 2. The van der Waals surface area contributed by atoms with Gasteiger partial charge in [-0.15, -0.1) is 0 Å². The lowest BCUT2D eigenvalue weighted by molar-refractivity contribution is -0.117. The van der Waals surface area contributed by atoms with E-state index < -0.39 is 0 Å². The lowest BCUT2D eigenvalue weighted by Gasteiger charge is -2.11. The van der Waals surface area contributed by atoms with Gasteiger partial charge >= 0.3 is 0 Å². The first-order valence-corrected chi connectivity index (χ1v) is 7.92. The topological polar surface area (TPSA) is 41.1 Å². The Morgan fingerprint density at radius 2 is 1.67 bits per heavy atom. The molecule has 2 aromatic rings. The van der Waals surface area contributed by atoms with E-state index in [1.165, 1.54) is 0 Å². The first-order chi connectivity index (χ1) is 10.2. The minimum absolute atomic E-state index is 0.0452. The van der Waals surface area contributed by atoms with E-state index in [0.29, 0.717) is 0 Å². The van der Waals surface area contributed by atoms with Crippen LogP contribution in [0.2, 0.25) is 0 Å². The fourth-order valence-corrected chi connectivity index (χ4v) is 2.79. The molecule has 0 saturated carbocycles. The molecule has 1 aliphatic heterocycles. The third kappa shape index (κ3) is 3.52. The van der Waals surface area contributed by atoms with Crippen molar-refractivity contribution < 1.29 is 4.79 Å². The van der Waals surface area contributed by atoms with Gasteiger partial charge in [-0.2, -0.15) is 0 Å². The maximum Gasteiger partial charge on any atom is 0.241 e. The summed E-state index contributed by atoms with van der Waals surface area (Å²) < 4.78 is 1.07. The van der Waals surface area contributed by atoms with Crippen LogP contribution in [0.4, 0.5) is 5.69 Å². The summed E-state index contributed by atoms with van der Waals surface area (Å²) in [5.74, 6) is 0.0592. The maximum atomic E-state index is 12.0. The average Bonchev–Trinajstić information content (AvgIpc) is 3.03. The zero-order chi connectivity index (χ0) is 14.7. The van der Waals surface area contributed by atoms with E-state index in [4.69, 9.17) is 0 Å². The van der Waals surface area contributed by atoms with Gasteiger partial charge in [0.2, 0.25) is 5.91 Å². The Balaban J connectivity index is 1.69. The molecule has 1 aliphatic rings. The lowest BCUT2D eigenvalue weighted by atomic mass is 10.1. The monoisotopic (exact) mass is 344 g/mol. The third-order valence-corrected chi connectivity index (χ3v) is 4.24. The molecule has 0 radical (unpaired) electrons. The molecule has 1 saturated heterocycles. The van der Waals surface area contributed by atoms with E-state index >= 15 is 0 Å². The first-order valence-electron chi connectivity index (χ1n) is 7.12. The second-order valence-corrected chi connectivity index (χ2v) is 6.14. The number of halogens is 1. The molecule has 1 fully saturated rings. The molecule has 108 valence electrons. The van der Waals surface area contributed by atoms with Crippen molar-refractivity contribution in [2.75, 3.05) is 11.9 Å². The number of benzene rings is 2. The predicted molar refractivity (Wildman–Crippen MR) is 89.2 cm³/mol. The van der Waals surface area contributed by atoms with Crippen molar-refractivity contribution in [2.24, 2.45) is 0 Å². The van der Waals surface area contributed by atoms with Crippen LogP contribution in [0.15, 0.2) is 53.0 Å². The minimum Gasteiger partial charge on any atom is -0.325 e. The van der Waals surface area contributed by atoms with Crippen molar-refractivity contribution >= 4 is 27.5 Å². The predicted octanol–water partition coefficient (Wildman–Crippen LogP) is 3.81. The Kier molecular flexibility index (Phi) is 4.36. The maximum absolute atomic E-state index is 12.0. The molecule has 2 aromatic carbocycles. The van der Waals surface area contributed by atoms with Crippen molar-refractivity contribution in [1.29, 1.82) is 0 Å². The summed E-state index contributed by atoms with van der Waals surface area (Å²) in [6.07, 6.45) is 1.99. The second kappa shape index (κ2) is 6.41. The fourth-order valence-electron chi connectivity index (χ4n) is 2.53. The van der Waals surface area contributed by atoms with Crippen molar-refractivity contribution in [3.8, 4) is 11.1 Å². The van der Waals surface area contributed by atoms with Gasteiger partial charge in [0.05, 0.1) is 6.04 Å². The van der Waals surface area contributed by atoms with Gasteiger partial charge in [0.1, 0.15) is 0 Å². The fraction of sp³-hybridized carbons (Fsp3) is 0.235. The normalized spacial score (nSPS) is 17.7. The molecule has 1 heterocycles. The Labute approximate surface area is 132 Å². The molecule has 1 unspecified atom stereocenters. The van der Waals surface area contributed by atoms with Crippen molar-refractivity contribution in [3.63, 3.8) is 0 Å². The van der Waals surface area contributed by atoms with Crippen molar-refractivity contribution in [1.82, 2.24) is 5.32 Å². The number of anilines is 1. The van der Waals surface area contributed by atoms with Gasteiger partial charge < -0.3 is 10.6 Å². The van der Waals surface area contributed by atoms with Gasteiger partial charge in [0.25, 0.3) is 0 Å². The van der Waals surface area contributed by atoms with Crippen LogP contribution in [0, 0.1) is 0 Å². The summed E-state index contributed by atoms with van der Waals surface area (Å²) >= 11 is 3.44. The number of hydrogen-bond acceptors (Lipinski definition) is 2. The summed E-state index contributed by atoms with van der Waals surface area (Å²) in [6, 6.07) is 16.1.